The Balaban J connectivity index is 1.59. The summed E-state index contributed by atoms with van der Waals surface area (Å²) in [5, 5.41) is 14.0. The third kappa shape index (κ3) is 4.89. The molecule has 0 aromatic heterocycles. The average molecular weight is 441 g/mol. The van der Waals surface area contributed by atoms with Crippen LogP contribution in [0.4, 0.5) is 20.6 Å². The van der Waals surface area contributed by atoms with E-state index in [0.717, 1.165) is 5.69 Å². The van der Waals surface area contributed by atoms with Gasteiger partial charge in [0.15, 0.2) is 0 Å². The number of rotatable bonds is 4. The van der Waals surface area contributed by atoms with Crippen molar-refractivity contribution >= 4 is 40.6 Å². The van der Waals surface area contributed by atoms with Crippen molar-refractivity contribution < 1.29 is 14.1 Å². The highest BCUT2D eigenvalue weighted by molar-refractivity contribution is 6.35. The maximum Gasteiger partial charge on any atom is 0.317 e. The minimum Gasteiger partial charge on any atom is -0.368 e. The number of hydrogen-bond acceptors (Lipinski definition) is 4. The van der Waals surface area contributed by atoms with Gasteiger partial charge in [0.2, 0.25) is 0 Å². The second-order valence-corrected chi connectivity index (χ2v) is 7.52. The maximum absolute atomic E-state index is 13.7. The van der Waals surface area contributed by atoms with Gasteiger partial charge in [0.25, 0.3) is 5.69 Å². The number of nitro groups is 1. The van der Waals surface area contributed by atoms with Crippen LogP contribution in [0.15, 0.2) is 36.4 Å². The highest BCUT2D eigenvalue weighted by atomic mass is 35.5. The molecule has 1 saturated heterocycles. The highest BCUT2D eigenvalue weighted by Gasteiger charge is 2.24. The summed E-state index contributed by atoms with van der Waals surface area (Å²) >= 11 is 11.8. The molecule has 29 heavy (non-hydrogen) atoms. The molecule has 1 aliphatic heterocycles. The van der Waals surface area contributed by atoms with E-state index in [1.165, 1.54) is 24.3 Å². The summed E-state index contributed by atoms with van der Waals surface area (Å²) < 4.78 is 13.7. The molecule has 1 aliphatic rings. The smallest absolute Gasteiger partial charge is 0.317 e. The Labute approximate surface area is 177 Å². The molecule has 10 heteroatoms. The SMILES string of the molecule is CC(NC(=O)N1CCN(c2cccc([N+](=O)[O-])c2)CC1)c1cc(F)c(Cl)cc1Cl. The second-order valence-electron chi connectivity index (χ2n) is 6.71. The van der Waals surface area contributed by atoms with E-state index in [9.17, 15) is 19.3 Å². The van der Waals surface area contributed by atoms with Crippen molar-refractivity contribution in [2.75, 3.05) is 31.1 Å². The fourth-order valence-electron chi connectivity index (χ4n) is 3.20. The summed E-state index contributed by atoms with van der Waals surface area (Å²) in [5.74, 6) is -0.599. The number of hydrogen-bond donors (Lipinski definition) is 1. The minimum absolute atomic E-state index is 0.0311. The first kappa shape index (κ1) is 21.1. The summed E-state index contributed by atoms with van der Waals surface area (Å²) in [6.07, 6.45) is 0. The lowest BCUT2D eigenvalue weighted by Crippen LogP contribution is -2.52. The first-order chi connectivity index (χ1) is 13.8. The first-order valence-electron chi connectivity index (χ1n) is 8.95. The van der Waals surface area contributed by atoms with Crippen LogP contribution in [0.5, 0.6) is 0 Å². The third-order valence-electron chi connectivity index (χ3n) is 4.82. The lowest BCUT2D eigenvalue weighted by atomic mass is 10.1. The van der Waals surface area contributed by atoms with E-state index in [-0.39, 0.29) is 21.8 Å². The Morgan fingerprint density at radius 2 is 1.86 bits per heavy atom. The number of carbonyl (C=O) groups excluding carboxylic acids is 1. The number of nitro benzene ring substituents is 1. The molecular weight excluding hydrogens is 422 g/mol. The van der Waals surface area contributed by atoms with E-state index in [4.69, 9.17) is 23.2 Å². The summed E-state index contributed by atoms with van der Waals surface area (Å²) in [6.45, 7) is 3.69. The van der Waals surface area contributed by atoms with Gasteiger partial charge < -0.3 is 15.1 Å². The van der Waals surface area contributed by atoms with E-state index in [0.29, 0.717) is 31.7 Å². The Morgan fingerprint density at radius 1 is 1.17 bits per heavy atom. The predicted molar refractivity (Wildman–Crippen MR) is 110 cm³/mol. The van der Waals surface area contributed by atoms with Crippen LogP contribution < -0.4 is 10.2 Å². The second kappa shape index (κ2) is 8.84. The number of benzene rings is 2. The zero-order valence-electron chi connectivity index (χ0n) is 15.6. The van der Waals surface area contributed by atoms with Crippen molar-refractivity contribution in [2.24, 2.45) is 0 Å². The van der Waals surface area contributed by atoms with Crippen LogP contribution in [0.2, 0.25) is 10.0 Å². The number of piperazine rings is 1. The molecule has 1 atom stereocenters. The molecular formula is C19H19Cl2FN4O3. The van der Waals surface area contributed by atoms with Crippen LogP contribution in [0.1, 0.15) is 18.5 Å². The normalized spacial score (nSPS) is 15.2. The van der Waals surface area contributed by atoms with Gasteiger partial charge in [-0.3, -0.25) is 10.1 Å². The van der Waals surface area contributed by atoms with Gasteiger partial charge in [-0.25, -0.2) is 9.18 Å². The lowest BCUT2D eigenvalue weighted by molar-refractivity contribution is -0.384. The topological polar surface area (TPSA) is 78.7 Å². The van der Waals surface area contributed by atoms with Gasteiger partial charge in [-0.2, -0.15) is 0 Å². The Bertz CT molecular complexity index is 936. The molecule has 0 bridgehead atoms. The zero-order valence-corrected chi connectivity index (χ0v) is 17.1. The number of nitrogens with zero attached hydrogens (tertiary/aromatic N) is 3. The lowest BCUT2D eigenvalue weighted by Gasteiger charge is -2.36. The number of nitrogens with one attached hydrogen (secondary N) is 1. The van der Waals surface area contributed by atoms with Gasteiger partial charge in [0, 0.05) is 49.0 Å². The molecule has 0 spiro atoms. The van der Waals surface area contributed by atoms with Gasteiger partial charge >= 0.3 is 6.03 Å². The van der Waals surface area contributed by atoms with Crippen LogP contribution in [0.25, 0.3) is 0 Å². The maximum atomic E-state index is 13.7. The van der Waals surface area contributed by atoms with Gasteiger partial charge in [0.05, 0.1) is 16.0 Å². The van der Waals surface area contributed by atoms with Crippen LogP contribution in [0, 0.1) is 15.9 Å². The molecule has 0 aliphatic carbocycles. The number of carbonyl (C=O) groups is 1. The highest BCUT2D eigenvalue weighted by Crippen LogP contribution is 2.29. The van der Waals surface area contributed by atoms with Gasteiger partial charge in [0.1, 0.15) is 5.82 Å². The fraction of sp³-hybridized carbons (Fsp3) is 0.316. The standard InChI is InChI=1S/C19H19Cl2FN4O3/c1-12(15-10-18(22)17(21)11-16(15)20)23-19(27)25-7-5-24(6-8-25)13-3-2-4-14(9-13)26(28)29/h2-4,9-12H,5-8H2,1H3,(H,23,27). The van der Waals surface area contributed by atoms with Gasteiger partial charge in [-0.15, -0.1) is 0 Å². The number of halogens is 3. The molecule has 1 heterocycles. The van der Waals surface area contributed by atoms with Crippen molar-refractivity contribution in [1.82, 2.24) is 10.2 Å². The average Bonchev–Trinajstić information content (AvgIpc) is 2.70. The molecule has 0 radical (unpaired) electrons. The number of amides is 2. The molecule has 2 amide bonds. The van der Waals surface area contributed by atoms with E-state index >= 15 is 0 Å². The van der Waals surface area contributed by atoms with Crippen molar-refractivity contribution in [1.29, 1.82) is 0 Å². The summed E-state index contributed by atoms with van der Waals surface area (Å²) in [5.41, 5.74) is 1.22. The zero-order chi connectivity index (χ0) is 21.1. The number of non-ortho nitro benzene ring substituents is 1. The minimum atomic E-state index is -0.599. The molecule has 1 unspecified atom stereocenters. The molecule has 7 nitrogen and oxygen atoms in total. The van der Waals surface area contributed by atoms with E-state index in [1.807, 2.05) is 11.0 Å². The predicted octanol–water partition coefficient (Wildman–Crippen LogP) is 4.63. The monoisotopic (exact) mass is 440 g/mol. The number of urea groups is 1. The summed E-state index contributed by atoms with van der Waals surface area (Å²) in [7, 11) is 0. The van der Waals surface area contributed by atoms with E-state index < -0.39 is 16.8 Å². The van der Waals surface area contributed by atoms with Crippen LogP contribution in [-0.2, 0) is 0 Å². The summed E-state index contributed by atoms with van der Waals surface area (Å²) in [6, 6.07) is 8.16. The quantitative estimate of drug-likeness (QED) is 0.426. The van der Waals surface area contributed by atoms with Gasteiger partial charge in [-0.1, -0.05) is 29.3 Å². The molecule has 3 rings (SSSR count). The summed E-state index contributed by atoms with van der Waals surface area (Å²) in [4.78, 5) is 26.7. The van der Waals surface area contributed by atoms with Crippen molar-refractivity contribution in [3.63, 3.8) is 0 Å². The fourth-order valence-corrected chi connectivity index (χ4v) is 3.74. The van der Waals surface area contributed by atoms with Crippen LogP contribution in [-0.4, -0.2) is 42.0 Å². The molecule has 2 aromatic carbocycles. The van der Waals surface area contributed by atoms with Crippen LogP contribution in [0.3, 0.4) is 0 Å². The van der Waals surface area contributed by atoms with Crippen LogP contribution >= 0.6 is 23.2 Å². The van der Waals surface area contributed by atoms with Crippen molar-refractivity contribution in [3.05, 3.63) is 67.9 Å². The van der Waals surface area contributed by atoms with Gasteiger partial charge in [-0.05, 0) is 30.7 Å². The largest absolute Gasteiger partial charge is 0.368 e. The Hall–Kier alpha value is -2.58. The van der Waals surface area contributed by atoms with E-state index in [2.05, 4.69) is 5.32 Å². The van der Waals surface area contributed by atoms with E-state index in [1.54, 1.807) is 17.9 Å². The molecule has 2 aromatic rings. The number of anilines is 1. The molecule has 154 valence electrons. The van der Waals surface area contributed by atoms with Crippen molar-refractivity contribution in [2.45, 2.75) is 13.0 Å². The van der Waals surface area contributed by atoms with Crippen molar-refractivity contribution in [3.8, 4) is 0 Å². The molecule has 1 fully saturated rings. The Morgan fingerprint density at radius 3 is 2.52 bits per heavy atom. The Kier molecular flexibility index (Phi) is 6.44. The molecule has 1 N–H and O–H groups in total. The third-order valence-corrected chi connectivity index (χ3v) is 5.44. The molecule has 0 saturated carbocycles. The first-order valence-corrected chi connectivity index (χ1v) is 9.71.